The van der Waals surface area contributed by atoms with Crippen LogP contribution in [0.3, 0.4) is 0 Å². The first-order valence-electron chi connectivity index (χ1n) is 7.22. The van der Waals surface area contributed by atoms with E-state index in [2.05, 4.69) is 0 Å². The predicted molar refractivity (Wildman–Crippen MR) is 81.0 cm³/mol. The average Bonchev–Trinajstić information content (AvgIpc) is 2.47. The lowest BCUT2D eigenvalue weighted by Gasteiger charge is -2.36. The Morgan fingerprint density at radius 2 is 2.00 bits per heavy atom. The van der Waals surface area contributed by atoms with Gasteiger partial charge in [-0.2, -0.15) is 13.2 Å². The molecule has 1 saturated heterocycles. The van der Waals surface area contributed by atoms with Gasteiger partial charge in [-0.05, 0) is 50.4 Å². The number of hydrogen-bond acceptors (Lipinski definition) is 2. The molecule has 1 heterocycles. The largest absolute Gasteiger partial charge is 0.419 e. The van der Waals surface area contributed by atoms with Crippen molar-refractivity contribution in [1.82, 2.24) is 4.90 Å². The van der Waals surface area contributed by atoms with Crippen LogP contribution < -0.4 is 5.73 Å². The Morgan fingerprint density at radius 1 is 1.30 bits per heavy atom. The number of benzene rings is 1. The Bertz CT molecular complexity index is 549. The van der Waals surface area contributed by atoms with E-state index in [9.17, 15) is 22.4 Å². The molecule has 1 fully saturated rings. The lowest BCUT2D eigenvalue weighted by Crippen LogP contribution is -2.44. The van der Waals surface area contributed by atoms with Crippen LogP contribution in [0.25, 0.3) is 0 Å². The minimum Gasteiger partial charge on any atom is -0.336 e. The molecule has 0 saturated carbocycles. The highest BCUT2D eigenvalue weighted by Crippen LogP contribution is 2.32. The Labute approximate surface area is 138 Å². The number of rotatable bonds is 3. The van der Waals surface area contributed by atoms with Gasteiger partial charge in [0.2, 0.25) is 0 Å². The Hall–Kier alpha value is -1.34. The summed E-state index contributed by atoms with van der Waals surface area (Å²) in [7, 11) is 0. The number of carbonyl (C=O) groups excluding carboxylic acids is 1. The first-order valence-corrected chi connectivity index (χ1v) is 7.22. The van der Waals surface area contributed by atoms with E-state index in [1.165, 1.54) is 0 Å². The zero-order valence-corrected chi connectivity index (χ0v) is 13.2. The summed E-state index contributed by atoms with van der Waals surface area (Å²) < 4.78 is 51.6. The van der Waals surface area contributed by atoms with Gasteiger partial charge in [-0.3, -0.25) is 4.79 Å². The molecular weight excluding hydrogens is 336 g/mol. The third-order valence-electron chi connectivity index (χ3n) is 3.91. The Kier molecular flexibility index (Phi) is 6.83. The molecule has 1 atom stereocenters. The first kappa shape index (κ1) is 19.7. The summed E-state index contributed by atoms with van der Waals surface area (Å²) in [5.41, 5.74) is 3.97. The van der Waals surface area contributed by atoms with Gasteiger partial charge in [0.25, 0.3) is 5.91 Å². The van der Waals surface area contributed by atoms with Crippen LogP contribution in [0, 0.1) is 5.82 Å². The van der Waals surface area contributed by atoms with E-state index in [4.69, 9.17) is 5.73 Å². The molecule has 0 aromatic heterocycles. The molecule has 0 bridgehead atoms. The van der Waals surface area contributed by atoms with Gasteiger partial charge in [0.05, 0.1) is 5.56 Å². The van der Waals surface area contributed by atoms with Crippen molar-refractivity contribution in [2.24, 2.45) is 5.73 Å². The van der Waals surface area contributed by atoms with Crippen LogP contribution in [-0.2, 0) is 6.18 Å². The van der Waals surface area contributed by atoms with Gasteiger partial charge in [0.1, 0.15) is 5.82 Å². The first-order chi connectivity index (χ1) is 10.3. The molecule has 1 aromatic rings. The normalized spacial score (nSPS) is 18.5. The van der Waals surface area contributed by atoms with E-state index in [0.717, 1.165) is 25.3 Å². The topological polar surface area (TPSA) is 46.3 Å². The molecule has 8 heteroatoms. The number of alkyl halides is 3. The Morgan fingerprint density at radius 3 is 2.61 bits per heavy atom. The summed E-state index contributed by atoms with van der Waals surface area (Å²) >= 11 is 0. The third-order valence-corrected chi connectivity index (χ3v) is 3.91. The number of hydrogen-bond donors (Lipinski definition) is 1. The highest BCUT2D eigenvalue weighted by atomic mass is 35.5. The van der Waals surface area contributed by atoms with Gasteiger partial charge in [-0.1, -0.05) is 0 Å². The quantitative estimate of drug-likeness (QED) is 0.843. The molecule has 1 aliphatic rings. The molecule has 0 spiro atoms. The van der Waals surface area contributed by atoms with E-state index in [0.29, 0.717) is 31.6 Å². The molecule has 2 rings (SSSR count). The van der Waals surface area contributed by atoms with Crippen molar-refractivity contribution in [3.8, 4) is 0 Å². The summed E-state index contributed by atoms with van der Waals surface area (Å²) in [6.07, 6.45) is -1.65. The van der Waals surface area contributed by atoms with E-state index >= 15 is 0 Å². The molecule has 130 valence electrons. The number of halogens is 5. The van der Waals surface area contributed by atoms with Gasteiger partial charge in [-0.25, -0.2) is 4.39 Å². The van der Waals surface area contributed by atoms with Gasteiger partial charge in [-0.15, -0.1) is 12.4 Å². The molecule has 1 aliphatic heterocycles. The van der Waals surface area contributed by atoms with E-state index < -0.39 is 23.5 Å². The predicted octanol–water partition coefficient (Wildman–Crippen LogP) is 3.61. The van der Waals surface area contributed by atoms with Crippen molar-refractivity contribution in [2.45, 2.75) is 37.9 Å². The van der Waals surface area contributed by atoms with E-state index in [1.54, 1.807) is 4.90 Å². The summed E-state index contributed by atoms with van der Waals surface area (Å²) in [4.78, 5) is 14.0. The maximum Gasteiger partial charge on any atom is 0.419 e. The second-order valence-corrected chi connectivity index (χ2v) is 5.42. The zero-order chi connectivity index (χ0) is 16.3. The lowest BCUT2D eigenvalue weighted by atomic mass is 9.97. The maximum atomic E-state index is 13.3. The number of piperidine rings is 1. The van der Waals surface area contributed by atoms with Gasteiger partial charge in [0.15, 0.2) is 0 Å². The number of likely N-dealkylation sites (tertiary alicyclic amines) is 1. The molecule has 0 radical (unpaired) electrons. The monoisotopic (exact) mass is 354 g/mol. The van der Waals surface area contributed by atoms with Gasteiger partial charge in [0, 0.05) is 18.2 Å². The van der Waals surface area contributed by atoms with Crippen LogP contribution >= 0.6 is 12.4 Å². The van der Waals surface area contributed by atoms with Crippen LogP contribution in [0.2, 0.25) is 0 Å². The second kappa shape index (κ2) is 7.97. The van der Waals surface area contributed by atoms with Crippen molar-refractivity contribution in [3.63, 3.8) is 0 Å². The number of carbonyl (C=O) groups is 1. The highest BCUT2D eigenvalue weighted by molar-refractivity contribution is 5.94. The standard InChI is InChI=1S/C15H18F4N2O.ClH/c16-13-5-4-10(9-12(13)15(17,18)19)14(22)21-8-2-1-3-11(21)6-7-20;/h4-5,9,11H,1-3,6-8,20H2;1H. The fourth-order valence-corrected chi connectivity index (χ4v) is 2.80. The number of nitrogens with two attached hydrogens (primary N) is 1. The van der Waals surface area contributed by atoms with E-state index in [-0.39, 0.29) is 24.0 Å². The molecule has 3 nitrogen and oxygen atoms in total. The van der Waals surface area contributed by atoms with Gasteiger partial charge < -0.3 is 10.6 Å². The van der Waals surface area contributed by atoms with Crippen LogP contribution in [0.5, 0.6) is 0 Å². The molecule has 1 unspecified atom stereocenters. The molecule has 1 amide bonds. The zero-order valence-electron chi connectivity index (χ0n) is 12.4. The number of nitrogens with zero attached hydrogens (tertiary/aromatic N) is 1. The highest BCUT2D eigenvalue weighted by Gasteiger charge is 2.35. The minimum absolute atomic E-state index is 0. The minimum atomic E-state index is -4.82. The van der Waals surface area contributed by atoms with Crippen molar-refractivity contribution in [2.75, 3.05) is 13.1 Å². The fourth-order valence-electron chi connectivity index (χ4n) is 2.80. The molecule has 2 N–H and O–H groups in total. The summed E-state index contributed by atoms with van der Waals surface area (Å²) in [5.74, 6) is -1.87. The van der Waals surface area contributed by atoms with Gasteiger partial charge >= 0.3 is 6.18 Å². The van der Waals surface area contributed by atoms with Crippen LogP contribution in [0.1, 0.15) is 41.6 Å². The van der Waals surface area contributed by atoms with E-state index in [1.807, 2.05) is 0 Å². The van der Waals surface area contributed by atoms with Crippen molar-refractivity contribution < 1.29 is 22.4 Å². The summed E-state index contributed by atoms with van der Waals surface area (Å²) in [6, 6.07) is 2.32. The second-order valence-electron chi connectivity index (χ2n) is 5.42. The van der Waals surface area contributed by atoms with Crippen LogP contribution in [0.15, 0.2) is 18.2 Å². The van der Waals surface area contributed by atoms with Crippen molar-refractivity contribution in [1.29, 1.82) is 0 Å². The molecular formula is C15H19ClF4N2O. The Balaban J connectivity index is 0.00000264. The lowest BCUT2D eigenvalue weighted by molar-refractivity contribution is -0.140. The maximum absolute atomic E-state index is 13.3. The summed E-state index contributed by atoms with van der Waals surface area (Å²) in [6.45, 7) is 0.897. The number of amides is 1. The SMILES string of the molecule is Cl.NCCC1CCCCN1C(=O)c1ccc(F)c(C(F)(F)F)c1. The van der Waals surface area contributed by atoms with Crippen molar-refractivity contribution >= 4 is 18.3 Å². The fraction of sp³-hybridized carbons (Fsp3) is 0.533. The average molecular weight is 355 g/mol. The molecule has 1 aromatic carbocycles. The summed E-state index contributed by atoms with van der Waals surface area (Å²) in [5, 5.41) is 0. The smallest absolute Gasteiger partial charge is 0.336 e. The third kappa shape index (κ3) is 4.57. The van der Waals surface area contributed by atoms with Crippen LogP contribution in [0.4, 0.5) is 17.6 Å². The molecule has 0 aliphatic carbocycles. The van der Waals surface area contributed by atoms with Crippen molar-refractivity contribution in [3.05, 3.63) is 35.1 Å². The van der Waals surface area contributed by atoms with Crippen LogP contribution in [-0.4, -0.2) is 29.9 Å². The molecule has 23 heavy (non-hydrogen) atoms.